The van der Waals surface area contributed by atoms with Crippen LogP contribution in [0.4, 0.5) is 0 Å². The number of allylic oxidation sites excluding steroid dienone is 1. The van der Waals surface area contributed by atoms with Gasteiger partial charge in [-0.2, -0.15) is 0 Å². The van der Waals surface area contributed by atoms with Gasteiger partial charge in [-0.15, -0.1) is 0 Å². The summed E-state index contributed by atoms with van der Waals surface area (Å²) in [5.41, 5.74) is 0. The van der Waals surface area contributed by atoms with E-state index in [0.717, 1.165) is 32.1 Å². The lowest BCUT2D eigenvalue weighted by atomic mass is 10.0. The van der Waals surface area contributed by atoms with Gasteiger partial charge in [0, 0.05) is 6.42 Å². The molecule has 3 unspecified atom stereocenters. The number of aliphatic hydroxyl groups excluding tert-OH is 1. The minimum absolute atomic E-state index is 0.0656. The molecule has 8 nitrogen and oxygen atoms in total. The molecule has 0 fully saturated rings. The van der Waals surface area contributed by atoms with Gasteiger partial charge in [-0.25, -0.2) is 4.57 Å². The van der Waals surface area contributed by atoms with E-state index in [9.17, 15) is 19.4 Å². The van der Waals surface area contributed by atoms with E-state index in [2.05, 4.69) is 19.2 Å². The molecule has 0 heterocycles. The van der Waals surface area contributed by atoms with E-state index >= 15 is 0 Å². The Hall–Kier alpha value is -0.760. The van der Waals surface area contributed by atoms with Crippen molar-refractivity contribution in [3.05, 3.63) is 12.2 Å². The Morgan fingerprint density at radius 3 is 0.892 bits per heavy atom. The van der Waals surface area contributed by atoms with Crippen molar-refractivity contribution in [1.29, 1.82) is 0 Å². The summed E-state index contributed by atoms with van der Waals surface area (Å²) in [6, 6.07) is -0.844. The molecule has 0 saturated carbocycles. The minimum atomic E-state index is -4.35. The smallest absolute Gasteiger partial charge is 0.387 e. The third-order valence-corrected chi connectivity index (χ3v) is 18.7. The maximum Gasteiger partial charge on any atom is 0.472 e. The van der Waals surface area contributed by atoms with Crippen LogP contribution in [-0.4, -0.2) is 73.4 Å². The van der Waals surface area contributed by atoms with Gasteiger partial charge in [0.25, 0.3) is 0 Å². The van der Waals surface area contributed by atoms with E-state index in [1.54, 1.807) is 6.08 Å². The lowest BCUT2D eigenvalue weighted by Gasteiger charge is -2.25. The van der Waals surface area contributed by atoms with E-state index in [1.165, 1.54) is 353 Å². The molecule has 0 saturated heterocycles. The molecule has 1 amide bonds. The third-order valence-electron chi connectivity index (χ3n) is 17.8. The molecule has 0 aliphatic carbocycles. The van der Waals surface area contributed by atoms with Crippen LogP contribution < -0.4 is 5.32 Å². The highest BCUT2D eigenvalue weighted by atomic mass is 31.2. The second-order valence-corrected chi connectivity index (χ2v) is 28.8. The number of quaternary nitrogens is 1. The molecule has 0 bridgehead atoms. The van der Waals surface area contributed by atoms with Gasteiger partial charge in [0.05, 0.1) is 39.9 Å². The van der Waals surface area contributed by atoms with Gasteiger partial charge >= 0.3 is 7.82 Å². The second kappa shape index (κ2) is 65.7. The van der Waals surface area contributed by atoms with Crippen molar-refractivity contribution in [2.45, 2.75) is 418 Å². The Labute approximate surface area is 520 Å². The lowest BCUT2D eigenvalue weighted by Crippen LogP contribution is -2.45. The van der Waals surface area contributed by atoms with Gasteiger partial charge in [-0.05, 0) is 19.3 Å². The summed E-state index contributed by atoms with van der Waals surface area (Å²) in [7, 11) is 1.60. The van der Waals surface area contributed by atoms with Gasteiger partial charge in [0.2, 0.25) is 5.91 Å². The molecule has 0 aromatic rings. The van der Waals surface area contributed by atoms with Gasteiger partial charge in [-0.3, -0.25) is 13.8 Å². The molecule has 496 valence electrons. The monoisotopic (exact) mass is 1190 g/mol. The molecule has 0 aromatic carbocycles. The van der Waals surface area contributed by atoms with Crippen molar-refractivity contribution < 1.29 is 32.9 Å². The predicted octanol–water partition coefficient (Wildman–Crippen LogP) is 24.1. The zero-order valence-corrected chi connectivity index (χ0v) is 57.9. The zero-order valence-electron chi connectivity index (χ0n) is 57.0. The predicted molar refractivity (Wildman–Crippen MR) is 365 cm³/mol. The first-order valence-electron chi connectivity index (χ1n) is 37.6. The number of carbonyl (C=O) groups is 1. The Morgan fingerprint density at radius 1 is 0.398 bits per heavy atom. The quantitative estimate of drug-likeness (QED) is 0.0243. The fourth-order valence-electron chi connectivity index (χ4n) is 11.9. The molecule has 3 atom stereocenters. The number of rotatable bonds is 71. The maximum atomic E-state index is 13.1. The molecule has 0 aliphatic rings. The van der Waals surface area contributed by atoms with Crippen LogP contribution >= 0.6 is 7.82 Å². The molecule has 3 N–H and O–H groups in total. The van der Waals surface area contributed by atoms with Gasteiger partial charge in [-0.1, -0.05) is 392 Å². The number of aliphatic hydroxyl groups is 1. The van der Waals surface area contributed by atoms with E-state index in [4.69, 9.17) is 9.05 Å². The molecule has 0 spiro atoms. The van der Waals surface area contributed by atoms with Crippen LogP contribution in [0.3, 0.4) is 0 Å². The fourth-order valence-corrected chi connectivity index (χ4v) is 12.7. The number of likely N-dealkylation sites (N-methyl/N-ethyl adjacent to an activating group) is 1. The summed E-state index contributed by atoms with van der Waals surface area (Å²) in [5, 5.41) is 14.0. The molecular weight excluding hydrogens is 1040 g/mol. The molecule has 0 radical (unpaired) electrons. The van der Waals surface area contributed by atoms with Gasteiger partial charge in [0.1, 0.15) is 13.2 Å². The number of phosphoric ester groups is 1. The zero-order chi connectivity index (χ0) is 60.5. The molecule has 83 heavy (non-hydrogen) atoms. The highest BCUT2D eigenvalue weighted by molar-refractivity contribution is 7.47. The topological polar surface area (TPSA) is 105 Å². The number of nitrogens with one attached hydrogen (secondary N) is 1. The summed E-state index contributed by atoms with van der Waals surface area (Å²) < 4.78 is 23.9. The second-order valence-electron chi connectivity index (χ2n) is 27.4. The third kappa shape index (κ3) is 68.6. The van der Waals surface area contributed by atoms with Crippen molar-refractivity contribution in [2.24, 2.45) is 0 Å². The highest BCUT2D eigenvalue weighted by Crippen LogP contribution is 2.43. The number of phosphoric acid groups is 1. The number of hydrogen-bond acceptors (Lipinski definition) is 5. The van der Waals surface area contributed by atoms with Crippen LogP contribution in [0, 0.1) is 0 Å². The first kappa shape index (κ1) is 82.2. The molecule has 9 heteroatoms. The lowest BCUT2D eigenvalue weighted by molar-refractivity contribution is -0.870. The van der Waals surface area contributed by atoms with Gasteiger partial charge < -0.3 is 19.8 Å². The number of nitrogens with zero attached hydrogens (tertiary/aromatic N) is 1. The van der Waals surface area contributed by atoms with Crippen molar-refractivity contribution in [3.8, 4) is 0 Å². The van der Waals surface area contributed by atoms with Crippen molar-refractivity contribution >= 4 is 13.7 Å². The van der Waals surface area contributed by atoms with Crippen molar-refractivity contribution in [2.75, 3.05) is 40.9 Å². The largest absolute Gasteiger partial charge is 0.472 e. The first-order chi connectivity index (χ1) is 40.5. The Bertz CT molecular complexity index is 1360. The SMILES string of the molecule is CCCCCCCCCCCCCCCCCCCCCCCCCCCCCCCC/C=C/C(O)C(COP(=O)(O)OCC[N+](C)(C)C)NC(=O)CCCCCCCCCCCCCCCCCCCCCCCCCCCCCCC. The first-order valence-corrected chi connectivity index (χ1v) is 39.1. The molecular formula is C74H150N2O6P+. The van der Waals surface area contributed by atoms with E-state index < -0.39 is 20.0 Å². The Morgan fingerprint density at radius 2 is 0.639 bits per heavy atom. The number of amides is 1. The molecule has 0 rings (SSSR count). The molecule has 0 aliphatic heterocycles. The van der Waals surface area contributed by atoms with Gasteiger partial charge in [0.15, 0.2) is 0 Å². The summed E-state index contributed by atoms with van der Waals surface area (Å²) >= 11 is 0. The molecule has 0 aromatic heterocycles. The average molecular weight is 1190 g/mol. The van der Waals surface area contributed by atoms with Crippen LogP contribution in [-0.2, 0) is 18.4 Å². The summed E-state index contributed by atoms with van der Waals surface area (Å²) in [6.07, 6.45) is 85.3. The van der Waals surface area contributed by atoms with Crippen molar-refractivity contribution in [1.82, 2.24) is 5.32 Å². The number of carbonyl (C=O) groups excluding carboxylic acids is 1. The van der Waals surface area contributed by atoms with Crippen molar-refractivity contribution in [3.63, 3.8) is 0 Å². The van der Waals surface area contributed by atoms with E-state index in [1.807, 2.05) is 27.2 Å². The summed E-state index contributed by atoms with van der Waals surface area (Å²) in [6.45, 7) is 4.90. The van der Waals surface area contributed by atoms with E-state index in [0.29, 0.717) is 17.4 Å². The number of unbranched alkanes of at least 4 members (excludes halogenated alkanes) is 58. The average Bonchev–Trinajstić information content (AvgIpc) is 3.49. The van der Waals surface area contributed by atoms with Crippen LogP contribution in [0.15, 0.2) is 12.2 Å². The summed E-state index contributed by atoms with van der Waals surface area (Å²) in [5.74, 6) is -0.166. The summed E-state index contributed by atoms with van der Waals surface area (Å²) in [4.78, 5) is 23.5. The number of hydrogen-bond donors (Lipinski definition) is 3. The van der Waals surface area contributed by atoms with Crippen LogP contribution in [0.25, 0.3) is 0 Å². The highest BCUT2D eigenvalue weighted by Gasteiger charge is 2.28. The Kier molecular flexibility index (Phi) is 65.1. The minimum Gasteiger partial charge on any atom is -0.387 e. The van der Waals surface area contributed by atoms with Crippen LogP contribution in [0.1, 0.15) is 406 Å². The normalized spacial score (nSPS) is 13.6. The Balaban J connectivity index is 3.98. The van der Waals surface area contributed by atoms with Crippen LogP contribution in [0.5, 0.6) is 0 Å². The van der Waals surface area contributed by atoms with Crippen LogP contribution in [0.2, 0.25) is 0 Å². The standard InChI is InChI=1S/C74H149N2O6P/c1-6-8-10-12-14-16-18-20-22-24-26-28-30-32-34-36-37-38-40-41-43-45-47-49-51-53-55-57-59-61-63-65-67-73(77)72(71-82-83(79,80)81-70-69-76(3,4)5)75-74(78)68-66-64-62-60-58-56-54-52-50-48-46-44-42-39-35-33-31-29-27-25-23-21-19-17-15-13-11-9-7-2/h65,67,72-73,77H,6-64,66,68-71H2,1-5H3,(H-,75,78,79,80)/p+1/b67-65+. The van der Waals surface area contributed by atoms with E-state index in [-0.39, 0.29) is 19.1 Å². The maximum absolute atomic E-state index is 13.1. The fraction of sp³-hybridized carbons (Fsp3) is 0.959.